The second kappa shape index (κ2) is 8.85. The van der Waals surface area contributed by atoms with Crippen LogP contribution in [0.5, 0.6) is 11.5 Å². The summed E-state index contributed by atoms with van der Waals surface area (Å²) in [5.41, 5.74) is 3.43. The van der Waals surface area contributed by atoms with Crippen molar-refractivity contribution in [3.05, 3.63) is 102 Å². The smallest absolute Gasteiger partial charge is 0.203 e. The van der Waals surface area contributed by atoms with Crippen LogP contribution in [0.1, 0.15) is 15.9 Å². The first-order valence-electron chi connectivity index (χ1n) is 10.5. The van der Waals surface area contributed by atoms with E-state index in [1.807, 2.05) is 60.8 Å². The van der Waals surface area contributed by atoms with Gasteiger partial charge in [0, 0.05) is 22.9 Å². The normalized spacial score (nSPS) is 12.8. The van der Waals surface area contributed by atoms with Crippen LogP contribution in [0.15, 0.2) is 90.6 Å². The molecule has 160 valence electrons. The second-order valence-corrected chi connectivity index (χ2v) is 7.44. The number of Topliss-reactive ketones (excluding diaryl/α,β-unsaturated/α-hetero) is 1. The topological polar surface area (TPSA) is 77.1 Å². The Morgan fingerprint density at radius 2 is 1.64 bits per heavy atom. The summed E-state index contributed by atoms with van der Waals surface area (Å²) in [6.45, 7) is 0.988. The van der Waals surface area contributed by atoms with E-state index in [1.54, 1.807) is 35.0 Å². The van der Waals surface area contributed by atoms with Gasteiger partial charge in [0.1, 0.15) is 30.6 Å². The van der Waals surface area contributed by atoms with Crippen LogP contribution < -0.4 is 9.47 Å². The molecule has 0 amide bonds. The second-order valence-electron chi connectivity index (χ2n) is 7.44. The van der Waals surface area contributed by atoms with Crippen molar-refractivity contribution >= 4 is 11.9 Å². The summed E-state index contributed by atoms with van der Waals surface area (Å²) < 4.78 is 13.1. The summed E-state index contributed by atoms with van der Waals surface area (Å²) in [6, 6.07) is 26.1. The Morgan fingerprint density at radius 1 is 0.939 bits per heavy atom. The maximum absolute atomic E-state index is 12.9. The van der Waals surface area contributed by atoms with Crippen molar-refractivity contribution in [2.24, 2.45) is 0 Å². The highest BCUT2D eigenvalue weighted by Crippen LogP contribution is 2.36. The first kappa shape index (κ1) is 20.3. The predicted octanol–water partition coefficient (Wildman–Crippen LogP) is 5.10. The van der Waals surface area contributed by atoms with E-state index < -0.39 is 0 Å². The summed E-state index contributed by atoms with van der Waals surface area (Å²) in [7, 11) is 0. The van der Waals surface area contributed by atoms with E-state index in [-0.39, 0.29) is 11.4 Å². The summed E-state index contributed by atoms with van der Waals surface area (Å²) in [5, 5.41) is 14.5. The van der Waals surface area contributed by atoms with Crippen molar-refractivity contribution in [1.82, 2.24) is 9.78 Å². The molecule has 0 bridgehead atoms. The van der Waals surface area contributed by atoms with Gasteiger partial charge in [0.15, 0.2) is 11.5 Å². The number of ether oxygens (including phenoxy) is 2. The zero-order chi connectivity index (χ0) is 22.6. The van der Waals surface area contributed by atoms with Gasteiger partial charge in [-0.2, -0.15) is 10.4 Å². The van der Waals surface area contributed by atoms with Crippen LogP contribution in [0.3, 0.4) is 0 Å². The number of allylic oxidation sites excluding steroid dienone is 1. The summed E-state index contributed by atoms with van der Waals surface area (Å²) in [5.74, 6) is 0.990. The Bertz CT molecular complexity index is 1380. The molecule has 1 aliphatic rings. The van der Waals surface area contributed by atoms with Gasteiger partial charge >= 0.3 is 0 Å². The number of fused-ring (bicyclic) bond motifs is 1. The van der Waals surface area contributed by atoms with E-state index in [9.17, 15) is 10.1 Å². The van der Waals surface area contributed by atoms with Gasteiger partial charge in [-0.25, -0.2) is 4.68 Å². The number of hydrogen-bond donors (Lipinski definition) is 0. The van der Waals surface area contributed by atoms with Crippen LogP contribution in [0.25, 0.3) is 23.0 Å². The Hall–Kier alpha value is -4.63. The fourth-order valence-electron chi connectivity index (χ4n) is 3.67. The zero-order valence-corrected chi connectivity index (χ0v) is 17.6. The lowest BCUT2D eigenvalue weighted by atomic mass is 10.0. The van der Waals surface area contributed by atoms with E-state index >= 15 is 0 Å². The van der Waals surface area contributed by atoms with Crippen LogP contribution in [-0.2, 0) is 0 Å². The third-order valence-electron chi connectivity index (χ3n) is 5.28. The van der Waals surface area contributed by atoms with Crippen molar-refractivity contribution in [1.29, 1.82) is 5.26 Å². The van der Waals surface area contributed by atoms with Gasteiger partial charge < -0.3 is 9.47 Å². The third kappa shape index (κ3) is 4.12. The molecule has 0 fully saturated rings. The lowest BCUT2D eigenvalue weighted by molar-refractivity contribution is 0.104. The quantitative estimate of drug-likeness (QED) is 0.249. The molecule has 33 heavy (non-hydrogen) atoms. The van der Waals surface area contributed by atoms with Crippen LogP contribution in [-0.4, -0.2) is 28.8 Å². The van der Waals surface area contributed by atoms with E-state index in [1.165, 1.54) is 0 Å². The van der Waals surface area contributed by atoms with Gasteiger partial charge in [-0.15, -0.1) is 0 Å². The number of nitrogens with zero attached hydrogens (tertiary/aromatic N) is 3. The monoisotopic (exact) mass is 433 g/mol. The lowest BCUT2D eigenvalue weighted by Crippen LogP contribution is -2.15. The largest absolute Gasteiger partial charge is 0.486 e. The average molecular weight is 433 g/mol. The Morgan fingerprint density at radius 3 is 2.36 bits per heavy atom. The van der Waals surface area contributed by atoms with Crippen LogP contribution in [0.4, 0.5) is 0 Å². The van der Waals surface area contributed by atoms with Gasteiger partial charge in [0.05, 0.1) is 5.69 Å². The number of rotatable bonds is 5. The number of para-hydroxylation sites is 1. The molecular formula is C27H19N3O3. The molecule has 0 spiro atoms. The van der Waals surface area contributed by atoms with Crippen molar-refractivity contribution in [3.63, 3.8) is 0 Å². The zero-order valence-electron chi connectivity index (χ0n) is 17.6. The molecule has 3 aromatic carbocycles. The third-order valence-corrected chi connectivity index (χ3v) is 5.28. The summed E-state index contributed by atoms with van der Waals surface area (Å²) >= 11 is 0. The number of ketones is 1. The fraction of sp³-hybridized carbons (Fsp3) is 0.0741. The molecule has 0 atom stereocenters. The molecule has 0 unspecified atom stereocenters. The minimum Gasteiger partial charge on any atom is -0.486 e. The van der Waals surface area contributed by atoms with Crippen molar-refractivity contribution in [2.45, 2.75) is 0 Å². The standard InChI is InChI=1S/C27H19N3O3/c28-17-21(27(31)19-7-3-1-4-8-19)15-22-18-30(23-9-5-2-6-10-23)29-26(22)20-11-12-24-25(16-20)33-14-13-32-24/h1-12,15-16,18H,13-14H2/b21-15+. The number of carbonyl (C=O) groups is 1. The molecule has 2 heterocycles. The first-order valence-corrected chi connectivity index (χ1v) is 10.5. The minimum atomic E-state index is -0.335. The van der Waals surface area contributed by atoms with E-state index in [2.05, 4.69) is 6.07 Å². The molecule has 1 aromatic heterocycles. The Balaban J connectivity index is 1.63. The molecule has 0 N–H and O–H groups in total. The molecule has 6 nitrogen and oxygen atoms in total. The van der Waals surface area contributed by atoms with Crippen LogP contribution >= 0.6 is 0 Å². The Kier molecular flexibility index (Phi) is 5.44. The molecule has 0 saturated heterocycles. The molecule has 1 aliphatic heterocycles. The van der Waals surface area contributed by atoms with E-state index in [4.69, 9.17) is 14.6 Å². The number of benzene rings is 3. The highest BCUT2D eigenvalue weighted by Gasteiger charge is 2.19. The molecule has 0 radical (unpaired) electrons. The number of hydrogen-bond acceptors (Lipinski definition) is 5. The molecule has 0 saturated carbocycles. The Labute approximate surface area is 190 Å². The minimum absolute atomic E-state index is 0.0348. The van der Waals surface area contributed by atoms with Gasteiger partial charge in [0.25, 0.3) is 0 Å². The predicted molar refractivity (Wildman–Crippen MR) is 124 cm³/mol. The fourth-order valence-corrected chi connectivity index (χ4v) is 3.67. The average Bonchev–Trinajstić information content (AvgIpc) is 3.31. The SMILES string of the molecule is N#C/C(=C\c1cn(-c2ccccc2)nc1-c1ccc2c(c1)OCCO2)C(=O)c1ccccc1. The van der Waals surface area contributed by atoms with Gasteiger partial charge in [-0.1, -0.05) is 48.5 Å². The number of aromatic nitrogens is 2. The van der Waals surface area contributed by atoms with Gasteiger partial charge in [-0.05, 0) is 36.4 Å². The molecule has 0 aliphatic carbocycles. The molecule has 4 aromatic rings. The summed E-state index contributed by atoms with van der Waals surface area (Å²) in [4.78, 5) is 12.9. The maximum atomic E-state index is 12.9. The molecule has 6 heteroatoms. The van der Waals surface area contributed by atoms with Crippen molar-refractivity contribution < 1.29 is 14.3 Å². The number of carbonyl (C=O) groups excluding carboxylic acids is 1. The van der Waals surface area contributed by atoms with Crippen LogP contribution in [0, 0.1) is 11.3 Å². The highest BCUT2D eigenvalue weighted by atomic mass is 16.6. The van der Waals surface area contributed by atoms with Crippen LogP contribution in [0.2, 0.25) is 0 Å². The summed E-state index contributed by atoms with van der Waals surface area (Å²) in [6.07, 6.45) is 3.41. The van der Waals surface area contributed by atoms with Gasteiger partial charge in [0.2, 0.25) is 5.78 Å². The van der Waals surface area contributed by atoms with E-state index in [0.717, 1.165) is 11.3 Å². The maximum Gasteiger partial charge on any atom is 0.203 e. The highest BCUT2D eigenvalue weighted by molar-refractivity contribution is 6.14. The van der Waals surface area contributed by atoms with Gasteiger partial charge in [-0.3, -0.25) is 4.79 Å². The molecule has 5 rings (SSSR count). The van der Waals surface area contributed by atoms with Crippen molar-refractivity contribution in [3.8, 4) is 34.5 Å². The molecular weight excluding hydrogens is 414 g/mol. The number of nitriles is 1. The van der Waals surface area contributed by atoms with E-state index in [0.29, 0.717) is 41.5 Å². The van der Waals surface area contributed by atoms with Crippen molar-refractivity contribution in [2.75, 3.05) is 13.2 Å². The lowest BCUT2D eigenvalue weighted by Gasteiger charge is -2.18. The first-order chi connectivity index (χ1) is 16.2.